The highest BCUT2D eigenvalue weighted by molar-refractivity contribution is 7.99. The van der Waals surface area contributed by atoms with Crippen molar-refractivity contribution in [1.29, 1.82) is 5.26 Å². The molecule has 1 atom stereocenters. The minimum Gasteiger partial charge on any atom is -0.355 e. The number of nitriles is 1. The van der Waals surface area contributed by atoms with Gasteiger partial charge < -0.3 is 5.32 Å². The fourth-order valence-corrected chi connectivity index (χ4v) is 3.51. The van der Waals surface area contributed by atoms with Crippen molar-refractivity contribution in [3.05, 3.63) is 70.7 Å². The number of guanidine groups is 1. The van der Waals surface area contributed by atoms with E-state index in [1.807, 2.05) is 36.2 Å². The monoisotopic (exact) mass is 358 g/mol. The van der Waals surface area contributed by atoms with Crippen molar-refractivity contribution in [1.82, 2.24) is 10.6 Å². The summed E-state index contributed by atoms with van der Waals surface area (Å²) >= 11 is 7.84. The Kier molecular flexibility index (Phi) is 7.47. The van der Waals surface area contributed by atoms with Crippen LogP contribution in [0.15, 0.2) is 59.6 Å². The van der Waals surface area contributed by atoms with E-state index in [2.05, 4.69) is 52.0 Å². The maximum atomic E-state index is 8.63. The third kappa shape index (κ3) is 5.48. The van der Waals surface area contributed by atoms with Crippen molar-refractivity contribution < 1.29 is 0 Å². The van der Waals surface area contributed by atoms with Gasteiger partial charge in [-0.25, -0.2) is 0 Å². The number of thioether (sulfide) groups is 1. The van der Waals surface area contributed by atoms with Crippen LogP contribution < -0.4 is 10.6 Å². The van der Waals surface area contributed by atoms with Crippen molar-refractivity contribution in [2.45, 2.75) is 5.25 Å². The van der Waals surface area contributed by atoms with E-state index in [1.165, 1.54) is 11.1 Å². The predicted octanol–water partition coefficient (Wildman–Crippen LogP) is 3.81. The number of hydrogen-bond donors (Lipinski definition) is 2. The fourth-order valence-electron chi connectivity index (χ4n) is 2.23. The van der Waals surface area contributed by atoms with Crippen LogP contribution in [-0.2, 0) is 0 Å². The molecule has 2 aromatic rings. The maximum absolute atomic E-state index is 8.63. The summed E-state index contributed by atoms with van der Waals surface area (Å²) in [6.45, 7) is 0.711. The summed E-state index contributed by atoms with van der Waals surface area (Å²) in [5, 5.41) is 15.2. The number of benzene rings is 2. The van der Waals surface area contributed by atoms with E-state index in [9.17, 15) is 0 Å². The molecule has 0 saturated heterocycles. The Morgan fingerprint density at radius 3 is 2.46 bits per heavy atom. The third-order valence-electron chi connectivity index (χ3n) is 3.35. The normalized spacial score (nSPS) is 12.3. The molecule has 2 aromatic carbocycles. The van der Waals surface area contributed by atoms with Crippen LogP contribution in [0.5, 0.6) is 0 Å². The third-order valence-corrected chi connectivity index (χ3v) is 4.92. The molecule has 0 bridgehead atoms. The summed E-state index contributed by atoms with van der Waals surface area (Å²) in [6.07, 6.45) is 1.86. The number of halogens is 1. The number of hydrogen-bond acceptors (Lipinski definition) is 3. The highest BCUT2D eigenvalue weighted by atomic mass is 35.5. The minimum atomic E-state index is 0.233. The Hall–Kier alpha value is -2.16. The molecule has 1 unspecified atom stereocenters. The van der Waals surface area contributed by atoms with E-state index in [-0.39, 0.29) is 5.25 Å². The quantitative estimate of drug-likeness (QED) is 0.271. The average Bonchev–Trinajstić information content (AvgIpc) is 2.62. The van der Waals surface area contributed by atoms with Crippen molar-refractivity contribution in [3.8, 4) is 6.19 Å². The zero-order valence-electron chi connectivity index (χ0n) is 13.4. The van der Waals surface area contributed by atoms with Gasteiger partial charge in [-0.2, -0.15) is 5.26 Å². The molecule has 2 N–H and O–H groups in total. The van der Waals surface area contributed by atoms with Crippen LogP contribution in [0.1, 0.15) is 16.4 Å². The summed E-state index contributed by atoms with van der Waals surface area (Å²) < 4.78 is 0. The summed E-state index contributed by atoms with van der Waals surface area (Å²) in [5.74, 6) is 1.36. The Morgan fingerprint density at radius 1 is 1.17 bits per heavy atom. The molecule has 124 valence electrons. The predicted molar refractivity (Wildman–Crippen MR) is 102 cm³/mol. The molecule has 0 heterocycles. The van der Waals surface area contributed by atoms with E-state index >= 15 is 0 Å². The van der Waals surface area contributed by atoms with Crippen LogP contribution in [0.25, 0.3) is 0 Å². The summed E-state index contributed by atoms with van der Waals surface area (Å²) in [5.41, 5.74) is 2.47. The lowest BCUT2D eigenvalue weighted by atomic mass is 10.0. The molecule has 0 fully saturated rings. The first kappa shape index (κ1) is 18.2. The smallest absolute Gasteiger partial charge is 0.204 e. The highest BCUT2D eigenvalue weighted by Crippen LogP contribution is 2.35. The molecule has 0 spiro atoms. The molecule has 0 aliphatic carbocycles. The van der Waals surface area contributed by atoms with Gasteiger partial charge in [0.1, 0.15) is 0 Å². The van der Waals surface area contributed by atoms with E-state index in [0.717, 1.165) is 10.8 Å². The Bertz CT molecular complexity index is 695. The lowest BCUT2D eigenvalue weighted by molar-refractivity contribution is 0.928. The lowest BCUT2D eigenvalue weighted by Crippen LogP contribution is -2.35. The topological polar surface area (TPSA) is 60.2 Å². The standard InChI is InChI=1S/C18H19ClN4S/c1-21-18(23-13-20)22-11-12-24-17(14-5-3-2-4-6-14)15-7-9-16(19)10-8-15/h2-10,17H,11-12H2,1H3,(H2,21,22,23). The van der Waals surface area contributed by atoms with Crippen LogP contribution >= 0.6 is 23.4 Å². The van der Waals surface area contributed by atoms with Gasteiger partial charge >= 0.3 is 0 Å². The van der Waals surface area contributed by atoms with Gasteiger partial charge in [-0.15, -0.1) is 11.8 Å². The van der Waals surface area contributed by atoms with Gasteiger partial charge in [-0.3, -0.25) is 10.3 Å². The van der Waals surface area contributed by atoms with E-state index in [1.54, 1.807) is 7.05 Å². The molecule has 24 heavy (non-hydrogen) atoms. The first-order chi connectivity index (χ1) is 11.7. The first-order valence-corrected chi connectivity index (χ1v) is 8.95. The second-order valence-corrected chi connectivity index (χ2v) is 6.60. The minimum absolute atomic E-state index is 0.233. The van der Waals surface area contributed by atoms with Gasteiger partial charge in [-0.05, 0) is 23.3 Å². The molecule has 0 aromatic heterocycles. The molecule has 0 saturated carbocycles. The van der Waals surface area contributed by atoms with E-state index in [0.29, 0.717) is 12.5 Å². The number of rotatable bonds is 6. The first-order valence-electron chi connectivity index (χ1n) is 7.52. The number of nitrogens with one attached hydrogen (secondary N) is 2. The SMILES string of the molecule is CN=C(NC#N)NCCSC(c1ccccc1)c1ccc(Cl)cc1. The largest absolute Gasteiger partial charge is 0.355 e. The summed E-state index contributed by atoms with van der Waals surface area (Å²) in [4.78, 5) is 3.97. The van der Waals surface area contributed by atoms with Crippen LogP contribution in [-0.4, -0.2) is 25.3 Å². The molecule has 6 heteroatoms. The molecule has 0 aliphatic heterocycles. The fraction of sp³-hybridized carbons (Fsp3) is 0.222. The molecule has 4 nitrogen and oxygen atoms in total. The molecule has 2 rings (SSSR count). The van der Waals surface area contributed by atoms with Crippen molar-refractivity contribution >= 4 is 29.3 Å². The Morgan fingerprint density at radius 2 is 1.83 bits per heavy atom. The van der Waals surface area contributed by atoms with Gasteiger partial charge in [-0.1, -0.05) is 54.1 Å². The van der Waals surface area contributed by atoms with Gasteiger partial charge in [0, 0.05) is 24.4 Å². The lowest BCUT2D eigenvalue weighted by Gasteiger charge is -2.18. The van der Waals surface area contributed by atoms with Gasteiger partial charge in [0.15, 0.2) is 6.19 Å². The molecular formula is C18H19ClN4S. The van der Waals surface area contributed by atoms with Crippen LogP contribution in [0.3, 0.4) is 0 Å². The second-order valence-electron chi connectivity index (χ2n) is 4.95. The van der Waals surface area contributed by atoms with Crippen LogP contribution in [0.4, 0.5) is 0 Å². The maximum Gasteiger partial charge on any atom is 0.204 e. The van der Waals surface area contributed by atoms with Gasteiger partial charge in [0.2, 0.25) is 5.96 Å². The molecule has 0 aliphatic rings. The summed E-state index contributed by atoms with van der Waals surface area (Å²) in [6, 6.07) is 18.4. The van der Waals surface area contributed by atoms with Crippen LogP contribution in [0, 0.1) is 11.5 Å². The van der Waals surface area contributed by atoms with Crippen molar-refractivity contribution in [2.75, 3.05) is 19.3 Å². The molecule has 0 amide bonds. The van der Waals surface area contributed by atoms with Crippen molar-refractivity contribution in [2.24, 2.45) is 4.99 Å². The number of nitrogens with zero attached hydrogens (tertiary/aromatic N) is 2. The highest BCUT2D eigenvalue weighted by Gasteiger charge is 2.14. The van der Waals surface area contributed by atoms with E-state index in [4.69, 9.17) is 16.9 Å². The van der Waals surface area contributed by atoms with Crippen LogP contribution in [0.2, 0.25) is 5.02 Å². The van der Waals surface area contributed by atoms with Gasteiger partial charge in [0.25, 0.3) is 0 Å². The Labute approximate surface area is 151 Å². The second kappa shape index (κ2) is 9.86. The zero-order valence-corrected chi connectivity index (χ0v) is 14.9. The zero-order chi connectivity index (χ0) is 17.2. The van der Waals surface area contributed by atoms with Crippen molar-refractivity contribution in [3.63, 3.8) is 0 Å². The number of aliphatic imine (C=N–C) groups is 1. The average molecular weight is 359 g/mol. The summed E-state index contributed by atoms with van der Waals surface area (Å²) in [7, 11) is 1.64. The molecular weight excluding hydrogens is 340 g/mol. The Balaban J connectivity index is 2.02. The molecule has 0 radical (unpaired) electrons. The van der Waals surface area contributed by atoms with E-state index < -0.39 is 0 Å². The van der Waals surface area contributed by atoms with Gasteiger partial charge in [0.05, 0.1) is 5.25 Å².